The Morgan fingerprint density at radius 2 is 2.07 bits per heavy atom. The summed E-state index contributed by atoms with van der Waals surface area (Å²) in [4.78, 5) is 15.5. The van der Waals surface area contributed by atoms with Crippen LogP contribution in [0.3, 0.4) is 0 Å². The van der Waals surface area contributed by atoms with Crippen molar-refractivity contribution >= 4 is 21.3 Å². The van der Waals surface area contributed by atoms with Crippen LogP contribution in [0.15, 0.2) is 12.1 Å². The van der Waals surface area contributed by atoms with Crippen molar-refractivity contribution in [2.45, 2.75) is 57.9 Å². The molecule has 7 heteroatoms. The molecule has 1 saturated carbocycles. The summed E-state index contributed by atoms with van der Waals surface area (Å²) >= 11 is 0. The molecule has 2 aliphatic heterocycles. The Kier molecular flexibility index (Phi) is 5.73. The standard InChI is InChI=1S/C21H28N2O4S/c1-2-14-10-16-7-8-19(28(25)26)27-20(16)18(11-14)21(24)22-12-17-4-3-9-23(17)13-15-5-6-15/h10-11,15,17H,2-9,12-13H2,1H3,(H,22,24). The molecule has 3 aliphatic rings. The van der Waals surface area contributed by atoms with Crippen molar-refractivity contribution in [2.24, 2.45) is 5.92 Å². The lowest BCUT2D eigenvalue weighted by molar-refractivity contribution is 0.0938. The Labute approximate surface area is 167 Å². The highest BCUT2D eigenvalue weighted by Crippen LogP contribution is 2.33. The normalized spacial score (nSPS) is 21.9. The first-order chi connectivity index (χ1) is 13.5. The number of rotatable bonds is 6. The van der Waals surface area contributed by atoms with Crippen LogP contribution >= 0.6 is 0 Å². The van der Waals surface area contributed by atoms with Crippen LogP contribution in [0.4, 0.5) is 0 Å². The number of nitrogens with one attached hydrogen (secondary N) is 1. The summed E-state index contributed by atoms with van der Waals surface area (Å²) < 4.78 is 28.3. The van der Waals surface area contributed by atoms with Gasteiger partial charge in [-0.25, -0.2) is 0 Å². The molecule has 1 aromatic rings. The third-order valence-electron chi connectivity index (χ3n) is 6.07. The minimum Gasteiger partial charge on any atom is -0.444 e. The summed E-state index contributed by atoms with van der Waals surface area (Å²) in [6.45, 7) is 4.94. The van der Waals surface area contributed by atoms with Gasteiger partial charge >= 0.3 is 0 Å². The minimum atomic E-state index is -2.39. The zero-order chi connectivity index (χ0) is 19.7. The van der Waals surface area contributed by atoms with E-state index in [1.54, 1.807) is 0 Å². The molecule has 1 amide bonds. The zero-order valence-corrected chi connectivity index (χ0v) is 17.2. The summed E-state index contributed by atoms with van der Waals surface area (Å²) in [5, 5.41) is 3.10. The number of ether oxygens (including phenoxy) is 1. The van der Waals surface area contributed by atoms with Gasteiger partial charge in [0.05, 0.1) is 5.56 Å². The maximum atomic E-state index is 13.0. The molecule has 1 N–H and O–H groups in total. The number of hydrogen-bond acceptors (Lipinski definition) is 5. The van der Waals surface area contributed by atoms with Crippen LogP contribution in [0.5, 0.6) is 5.75 Å². The van der Waals surface area contributed by atoms with E-state index >= 15 is 0 Å². The third kappa shape index (κ3) is 4.25. The molecule has 0 spiro atoms. The predicted octanol–water partition coefficient (Wildman–Crippen LogP) is 2.19. The van der Waals surface area contributed by atoms with Crippen LogP contribution in [0.1, 0.15) is 60.5 Å². The van der Waals surface area contributed by atoms with Gasteiger partial charge in [0.1, 0.15) is 5.75 Å². The molecule has 2 fully saturated rings. The minimum absolute atomic E-state index is 0.0113. The van der Waals surface area contributed by atoms with Crippen LogP contribution in [0, 0.1) is 5.92 Å². The van der Waals surface area contributed by atoms with E-state index in [-0.39, 0.29) is 11.0 Å². The Morgan fingerprint density at radius 1 is 1.25 bits per heavy atom. The number of aryl methyl sites for hydroxylation is 2. The molecule has 1 aliphatic carbocycles. The van der Waals surface area contributed by atoms with E-state index in [1.165, 1.54) is 19.3 Å². The molecule has 0 radical (unpaired) electrons. The number of hydrogen-bond donors (Lipinski definition) is 1. The summed E-state index contributed by atoms with van der Waals surface area (Å²) in [6.07, 6.45) is 6.70. The Morgan fingerprint density at radius 3 is 2.79 bits per heavy atom. The maximum absolute atomic E-state index is 13.0. The van der Waals surface area contributed by atoms with Crippen LogP contribution in [-0.4, -0.2) is 50.0 Å². The van der Waals surface area contributed by atoms with Crippen LogP contribution in [0.2, 0.25) is 0 Å². The highest BCUT2D eigenvalue weighted by atomic mass is 32.2. The number of fused-ring (bicyclic) bond motifs is 1. The highest BCUT2D eigenvalue weighted by molar-refractivity contribution is 7.72. The lowest BCUT2D eigenvalue weighted by Gasteiger charge is -2.25. The van der Waals surface area contributed by atoms with Crippen molar-refractivity contribution in [3.05, 3.63) is 28.8 Å². The second kappa shape index (κ2) is 8.25. The van der Waals surface area contributed by atoms with Gasteiger partial charge in [0.2, 0.25) is 5.05 Å². The highest BCUT2D eigenvalue weighted by Gasteiger charge is 2.31. The second-order valence-electron chi connectivity index (χ2n) is 8.14. The van der Waals surface area contributed by atoms with Gasteiger partial charge in [-0.15, -0.1) is 0 Å². The van der Waals surface area contributed by atoms with Crippen LogP contribution < -0.4 is 10.1 Å². The average molecular weight is 405 g/mol. The number of likely N-dealkylation sites (tertiary alicyclic amines) is 1. The van der Waals surface area contributed by atoms with Crippen LogP contribution in [-0.2, 0) is 23.1 Å². The summed E-state index contributed by atoms with van der Waals surface area (Å²) in [5.74, 6) is 1.07. The third-order valence-corrected chi connectivity index (χ3v) is 6.72. The quantitative estimate of drug-likeness (QED) is 0.736. The van der Waals surface area contributed by atoms with E-state index in [1.807, 2.05) is 19.1 Å². The summed E-state index contributed by atoms with van der Waals surface area (Å²) in [7, 11) is -2.39. The molecule has 6 nitrogen and oxygen atoms in total. The molecule has 0 bridgehead atoms. The second-order valence-corrected chi connectivity index (χ2v) is 9.06. The smallest absolute Gasteiger partial charge is 0.255 e. The van der Waals surface area contributed by atoms with E-state index in [2.05, 4.69) is 10.2 Å². The molecular weight excluding hydrogens is 376 g/mol. The van der Waals surface area contributed by atoms with E-state index in [0.29, 0.717) is 36.7 Å². The first kappa shape index (κ1) is 19.5. The van der Waals surface area contributed by atoms with Crippen LogP contribution in [0.25, 0.3) is 0 Å². The van der Waals surface area contributed by atoms with Crippen molar-refractivity contribution in [1.82, 2.24) is 10.2 Å². The maximum Gasteiger partial charge on any atom is 0.255 e. The molecule has 2 heterocycles. The predicted molar refractivity (Wildman–Crippen MR) is 108 cm³/mol. The number of benzene rings is 1. The van der Waals surface area contributed by atoms with E-state index in [4.69, 9.17) is 4.74 Å². The molecule has 0 aromatic heterocycles. The van der Waals surface area contributed by atoms with Gasteiger partial charge in [0, 0.05) is 25.6 Å². The number of amides is 1. The first-order valence-electron chi connectivity index (χ1n) is 10.4. The SMILES string of the molecule is CCc1cc2c(c(C(=O)NCC3CCCN3CC3CC3)c1)OC(=S(=O)=O)CC2. The van der Waals surface area contributed by atoms with Gasteiger partial charge in [-0.3, -0.25) is 9.69 Å². The van der Waals surface area contributed by atoms with Crippen molar-refractivity contribution < 1.29 is 17.9 Å². The summed E-state index contributed by atoms with van der Waals surface area (Å²) in [6, 6.07) is 4.25. The largest absolute Gasteiger partial charge is 0.444 e. The van der Waals surface area contributed by atoms with Crippen molar-refractivity contribution in [1.29, 1.82) is 0 Å². The van der Waals surface area contributed by atoms with E-state index in [9.17, 15) is 13.2 Å². The Hall–Kier alpha value is -1.86. The molecule has 1 atom stereocenters. The lowest BCUT2D eigenvalue weighted by Crippen LogP contribution is -2.41. The molecule has 152 valence electrons. The summed E-state index contributed by atoms with van der Waals surface area (Å²) in [5.41, 5.74) is 2.43. The molecular formula is C21H28N2O4S. The number of carbonyl (C=O) groups excluding carboxylic acids is 1. The topological polar surface area (TPSA) is 75.7 Å². The zero-order valence-electron chi connectivity index (χ0n) is 16.4. The fraction of sp³-hybridized carbons (Fsp3) is 0.619. The lowest BCUT2D eigenvalue weighted by atomic mass is 9.97. The first-order valence-corrected chi connectivity index (χ1v) is 11.4. The van der Waals surface area contributed by atoms with E-state index < -0.39 is 10.3 Å². The molecule has 1 saturated heterocycles. The van der Waals surface area contributed by atoms with Gasteiger partial charge in [-0.1, -0.05) is 13.0 Å². The molecule has 28 heavy (non-hydrogen) atoms. The molecule has 1 aromatic carbocycles. The Balaban J connectivity index is 1.51. The molecule has 4 rings (SSSR count). The number of nitrogens with zero attached hydrogens (tertiary/aromatic N) is 1. The van der Waals surface area contributed by atoms with Gasteiger partial charge in [0.25, 0.3) is 16.2 Å². The van der Waals surface area contributed by atoms with Gasteiger partial charge in [-0.05, 0) is 68.2 Å². The van der Waals surface area contributed by atoms with Gasteiger partial charge in [-0.2, -0.15) is 8.42 Å². The average Bonchev–Trinajstić information content (AvgIpc) is 3.41. The Bertz CT molecular complexity index is 897. The monoisotopic (exact) mass is 404 g/mol. The van der Waals surface area contributed by atoms with E-state index in [0.717, 1.165) is 43.0 Å². The van der Waals surface area contributed by atoms with Crippen molar-refractivity contribution in [3.8, 4) is 5.75 Å². The van der Waals surface area contributed by atoms with Crippen molar-refractivity contribution in [2.75, 3.05) is 19.6 Å². The molecule has 1 unspecified atom stereocenters. The van der Waals surface area contributed by atoms with Gasteiger partial charge < -0.3 is 10.1 Å². The van der Waals surface area contributed by atoms with Crippen molar-refractivity contribution in [3.63, 3.8) is 0 Å². The fourth-order valence-electron chi connectivity index (χ4n) is 4.26. The van der Waals surface area contributed by atoms with Gasteiger partial charge in [0.15, 0.2) is 0 Å². The fourth-order valence-corrected chi connectivity index (χ4v) is 4.68. The number of carbonyl (C=O) groups is 1.